The normalized spacial score (nSPS) is 16.4. The van der Waals surface area contributed by atoms with Gasteiger partial charge in [0.05, 0.1) is 11.1 Å². The zero-order valence-corrected chi connectivity index (χ0v) is 20.9. The molecule has 1 fully saturated rings. The Morgan fingerprint density at radius 2 is 1.94 bits per heavy atom. The van der Waals surface area contributed by atoms with Gasteiger partial charge in [0.25, 0.3) is 5.91 Å². The van der Waals surface area contributed by atoms with Gasteiger partial charge in [0.1, 0.15) is 17.2 Å². The van der Waals surface area contributed by atoms with Gasteiger partial charge in [-0.3, -0.25) is 4.79 Å². The second kappa shape index (κ2) is 10.6. The van der Waals surface area contributed by atoms with Gasteiger partial charge in [-0.15, -0.1) is 0 Å². The molecule has 0 bridgehead atoms. The molecule has 0 saturated carbocycles. The van der Waals surface area contributed by atoms with Gasteiger partial charge in [-0.2, -0.15) is 5.10 Å². The number of aromatic nitrogens is 3. The van der Waals surface area contributed by atoms with Crippen molar-refractivity contribution < 1.29 is 9.18 Å². The topological polar surface area (TPSA) is 63.1 Å². The first-order valence-electron chi connectivity index (χ1n) is 12.8. The van der Waals surface area contributed by atoms with Gasteiger partial charge in [0, 0.05) is 24.7 Å². The number of hydrogen-bond donors (Lipinski definition) is 1. The molecule has 1 saturated heterocycles. The van der Waals surface area contributed by atoms with Crippen molar-refractivity contribution in [2.75, 3.05) is 19.6 Å². The molecule has 0 radical (unpaired) electrons. The molecule has 3 heterocycles. The molecule has 5 rings (SSSR count). The first kappa shape index (κ1) is 24.1. The highest BCUT2D eigenvalue weighted by atomic mass is 19.1. The Balaban J connectivity index is 1.43. The molecule has 1 aliphatic heterocycles. The number of hydrogen-bond acceptors (Lipinski definition) is 4. The lowest BCUT2D eigenvalue weighted by atomic mass is 10.0. The maximum Gasteiger partial charge on any atom is 0.269 e. The fraction of sp³-hybridized carbons (Fsp3) is 0.345. The minimum Gasteiger partial charge on any atom is -0.351 e. The third-order valence-electron chi connectivity index (χ3n) is 7.02. The molecule has 186 valence electrons. The molecule has 0 unspecified atom stereocenters. The molecule has 0 aliphatic carbocycles. The van der Waals surface area contributed by atoms with Crippen LogP contribution in [0.25, 0.3) is 28.0 Å². The molecule has 0 spiro atoms. The van der Waals surface area contributed by atoms with Gasteiger partial charge >= 0.3 is 0 Å². The van der Waals surface area contributed by atoms with Crippen LogP contribution in [0.3, 0.4) is 0 Å². The standard InChI is InChI=1S/C29H32FN5O/c1-20-18-25(29(36)31-15-9-17-34-16-7-6-10-21(34)2)32-28-26(20)27(22-11-4-3-5-12-22)33-35(28)24-14-8-13-23(30)19-24/h3-5,8,11-14,18-19,21H,6-7,9-10,15-17H2,1-2H3,(H,31,36)/t21-/m0/s1. The van der Waals surface area contributed by atoms with E-state index in [1.165, 1.54) is 31.4 Å². The van der Waals surface area contributed by atoms with Crippen LogP contribution < -0.4 is 5.32 Å². The number of halogens is 1. The molecular weight excluding hydrogens is 453 g/mol. The molecule has 36 heavy (non-hydrogen) atoms. The number of carbonyl (C=O) groups excluding carboxylic acids is 1. The summed E-state index contributed by atoms with van der Waals surface area (Å²) in [5.74, 6) is -0.564. The number of aryl methyl sites for hydroxylation is 1. The van der Waals surface area contributed by atoms with Crippen LogP contribution in [-0.4, -0.2) is 51.2 Å². The van der Waals surface area contributed by atoms with E-state index in [1.54, 1.807) is 16.8 Å². The first-order chi connectivity index (χ1) is 17.5. The SMILES string of the molecule is Cc1cc(C(=O)NCCCN2CCCC[C@@H]2C)nc2c1c(-c1ccccc1)nn2-c1cccc(F)c1. The van der Waals surface area contributed by atoms with Crippen LogP contribution in [0.4, 0.5) is 4.39 Å². The van der Waals surface area contributed by atoms with E-state index in [0.717, 1.165) is 41.7 Å². The molecule has 1 amide bonds. The van der Waals surface area contributed by atoms with Crippen LogP contribution >= 0.6 is 0 Å². The zero-order valence-electron chi connectivity index (χ0n) is 20.9. The number of nitrogens with zero attached hydrogens (tertiary/aromatic N) is 4. The van der Waals surface area contributed by atoms with Gasteiger partial charge in [-0.25, -0.2) is 14.1 Å². The lowest BCUT2D eigenvalue weighted by molar-refractivity contribution is 0.0944. The Morgan fingerprint density at radius 1 is 1.11 bits per heavy atom. The third-order valence-corrected chi connectivity index (χ3v) is 7.02. The highest BCUT2D eigenvalue weighted by Crippen LogP contribution is 2.32. The molecule has 2 aromatic carbocycles. The summed E-state index contributed by atoms with van der Waals surface area (Å²) < 4.78 is 15.7. The predicted octanol–water partition coefficient (Wildman–Crippen LogP) is 5.53. The Hall–Kier alpha value is -3.58. The predicted molar refractivity (Wildman–Crippen MR) is 141 cm³/mol. The van der Waals surface area contributed by atoms with Gasteiger partial charge in [0.2, 0.25) is 0 Å². The van der Waals surface area contributed by atoms with Crippen molar-refractivity contribution in [3.8, 4) is 16.9 Å². The monoisotopic (exact) mass is 485 g/mol. The second-order valence-electron chi connectivity index (χ2n) is 9.62. The minimum absolute atomic E-state index is 0.208. The van der Waals surface area contributed by atoms with E-state index < -0.39 is 0 Å². The fourth-order valence-corrected chi connectivity index (χ4v) is 5.07. The Kier molecular flexibility index (Phi) is 7.09. The summed E-state index contributed by atoms with van der Waals surface area (Å²) in [5, 5.41) is 8.70. The lowest BCUT2D eigenvalue weighted by Gasteiger charge is -2.33. The molecule has 4 aromatic rings. The summed E-state index contributed by atoms with van der Waals surface area (Å²) in [6.45, 7) is 6.97. The summed E-state index contributed by atoms with van der Waals surface area (Å²) in [4.78, 5) is 20.3. The summed E-state index contributed by atoms with van der Waals surface area (Å²) in [5.41, 5.74) is 4.01. The summed E-state index contributed by atoms with van der Waals surface area (Å²) >= 11 is 0. The molecule has 1 atom stereocenters. The van der Waals surface area contributed by atoms with E-state index in [9.17, 15) is 9.18 Å². The van der Waals surface area contributed by atoms with Crippen molar-refractivity contribution in [3.63, 3.8) is 0 Å². The van der Waals surface area contributed by atoms with E-state index >= 15 is 0 Å². The van der Waals surface area contributed by atoms with Crippen LogP contribution in [0.1, 0.15) is 48.7 Å². The summed E-state index contributed by atoms with van der Waals surface area (Å²) in [6, 6.07) is 18.5. The van der Waals surface area contributed by atoms with E-state index in [4.69, 9.17) is 10.1 Å². The fourth-order valence-electron chi connectivity index (χ4n) is 5.07. The maximum absolute atomic E-state index is 14.1. The number of fused-ring (bicyclic) bond motifs is 1. The molecule has 1 aliphatic rings. The second-order valence-corrected chi connectivity index (χ2v) is 9.62. The molecule has 1 N–H and O–H groups in total. The number of likely N-dealkylation sites (tertiary alicyclic amines) is 1. The van der Waals surface area contributed by atoms with Crippen molar-refractivity contribution in [3.05, 3.63) is 77.7 Å². The largest absolute Gasteiger partial charge is 0.351 e. The number of pyridine rings is 1. The molecule has 7 heteroatoms. The number of carbonyl (C=O) groups is 1. The van der Waals surface area contributed by atoms with Crippen molar-refractivity contribution in [2.45, 2.75) is 45.6 Å². The number of benzene rings is 2. The Labute approximate surface area is 211 Å². The van der Waals surface area contributed by atoms with Gasteiger partial charge in [-0.05, 0) is 69.5 Å². The van der Waals surface area contributed by atoms with E-state index in [1.807, 2.05) is 43.3 Å². The summed E-state index contributed by atoms with van der Waals surface area (Å²) in [7, 11) is 0. The number of nitrogens with one attached hydrogen (secondary N) is 1. The Morgan fingerprint density at radius 3 is 2.72 bits per heavy atom. The average molecular weight is 486 g/mol. The highest BCUT2D eigenvalue weighted by molar-refractivity contribution is 5.99. The van der Waals surface area contributed by atoms with Crippen LogP contribution in [0.5, 0.6) is 0 Å². The van der Waals surface area contributed by atoms with Crippen LogP contribution in [-0.2, 0) is 0 Å². The lowest BCUT2D eigenvalue weighted by Crippen LogP contribution is -2.39. The van der Waals surface area contributed by atoms with Crippen molar-refractivity contribution in [2.24, 2.45) is 0 Å². The maximum atomic E-state index is 14.1. The van der Waals surface area contributed by atoms with Crippen molar-refractivity contribution in [1.29, 1.82) is 0 Å². The van der Waals surface area contributed by atoms with Gasteiger partial charge in [0.15, 0.2) is 5.65 Å². The first-order valence-corrected chi connectivity index (χ1v) is 12.8. The van der Waals surface area contributed by atoms with Crippen LogP contribution in [0.2, 0.25) is 0 Å². The van der Waals surface area contributed by atoms with E-state index in [2.05, 4.69) is 17.1 Å². The third kappa shape index (κ3) is 5.02. The zero-order chi connectivity index (χ0) is 25.1. The summed E-state index contributed by atoms with van der Waals surface area (Å²) in [6.07, 6.45) is 4.71. The average Bonchev–Trinajstić information content (AvgIpc) is 3.28. The smallest absolute Gasteiger partial charge is 0.269 e. The Bertz CT molecular complexity index is 1370. The molecule has 6 nitrogen and oxygen atoms in total. The highest BCUT2D eigenvalue weighted by Gasteiger charge is 2.21. The molecular formula is C29H32FN5O. The van der Waals surface area contributed by atoms with Crippen molar-refractivity contribution in [1.82, 2.24) is 25.0 Å². The molecule has 2 aromatic heterocycles. The van der Waals surface area contributed by atoms with Crippen molar-refractivity contribution >= 4 is 16.9 Å². The van der Waals surface area contributed by atoms with Gasteiger partial charge in [-0.1, -0.05) is 42.8 Å². The van der Waals surface area contributed by atoms with E-state index in [0.29, 0.717) is 29.6 Å². The number of amides is 1. The quantitative estimate of drug-likeness (QED) is 0.350. The van der Waals surface area contributed by atoms with Gasteiger partial charge < -0.3 is 10.2 Å². The minimum atomic E-state index is -0.356. The van der Waals surface area contributed by atoms with E-state index in [-0.39, 0.29) is 11.7 Å². The number of rotatable bonds is 7. The van der Waals surface area contributed by atoms with Crippen LogP contribution in [0.15, 0.2) is 60.7 Å². The number of piperidine rings is 1. The van der Waals surface area contributed by atoms with Crippen LogP contribution in [0, 0.1) is 12.7 Å².